The van der Waals surface area contributed by atoms with Crippen LogP contribution in [0.5, 0.6) is 0 Å². The molecule has 0 aromatic carbocycles. The Kier molecular flexibility index (Phi) is 54.7. The van der Waals surface area contributed by atoms with Crippen molar-refractivity contribution in [2.75, 3.05) is 40.9 Å². The first-order chi connectivity index (χ1) is 36.9. The lowest BCUT2D eigenvalue weighted by atomic mass is 10.0. The quantitative estimate of drug-likeness (QED) is 0.0212. The molecule has 3 unspecified atom stereocenters. The fourth-order valence-corrected chi connectivity index (χ4v) is 10.2. The summed E-state index contributed by atoms with van der Waals surface area (Å²) >= 11 is 0. The second kappa shape index (κ2) is 56.3. The van der Waals surface area contributed by atoms with Crippen molar-refractivity contribution in [3.05, 3.63) is 48.6 Å². The summed E-state index contributed by atoms with van der Waals surface area (Å²) in [6, 6.07) is -0.889. The maximum Gasteiger partial charge on any atom is 0.306 e. The molecule has 0 aliphatic rings. The van der Waals surface area contributed by atoms with Gasteiger partial charge in [-0.3, -0.25) is 14.2 Å². The minimum absolute atomic E-state index is 0.0222. The van der Waals surface area contributed by atoms with Crippen LogP contribution < -0.4 is 10.2 Å². The first-order valence-corrected chi connectivity index (χ1v) is 33.9. The molecule has 1 N–H and O–H groups in total. The molecule has 0 saturated heterocycles. The van der Waals surface area contributed by atoms with Gasteiger partial charge in [-0.2, -0.15) is 0 Å². The molecule has 0 radical (unpaired) electrons. The first kappa shape index (κ1) is 74.0. The summed E-state index contributed by atoms with van der Waals surface area (Å²) in [7, 11) is 1.19. The predicted octanol–water partition coefficient (Wildman–Crippen LogP) is 19.4. The summed E-state index contributed by atoms with van der Waals surface area (Å²) in [6.45, 7) is 6.83. The lowest BCUT2D eigenvalue weighted by Gasteiger charge is -2.30. The van der Waals surface area contributed by atoms with E-state index in [1.54, 1.807) is 0 Å². The Morgan fingerprint density at radius 2 is 0.803 bits per heavy atom. The minimum atomic E-state index is -4.70. The second-order valence-corrected chi connectivity index (χ2v) is 24.7. The van der Waals surface area contributed by atoms with Gasteiger partial charge in [0.05, 0.1) is 33.8 Å². The molecular weight excluding hydrogens is 964 g/mol. The molecule has 0 rings (SSSR count). The van der Waals surface area contributed by atoms with E-state index in [4.69, 9.17) is 13.8 Å². The number of hydrogen-bond acceptors (Lipinski definition) is 7. The number of nitrogens with one attached hydrogen (secondary N) is 1. The number of carbonyl (C=O) groups excluding carboxylic acids is 2. The van der Waals surface area contributed by atoms with Crippen LogP contribution in [0.25, 0.3) is 0 Å². The molecule has 0 spiro atoms. The standard InChI is InChI=1S/C66H125N2O7P/c1-7-10-13-16-19-22-25-28-30-31-32-33-34-35-36-37-39-40-43-46-49-52-55-58-65(69)67-63(62-74-76(71,72)73-61-60-68(4,5)6)64(57-54-51-48-45-42-27-24-21-18-15-12-9-3)75-66(70)59-56-53-50-47-44-41-38-29-26-23-20-17-14-11-8-2/h19,22-23,26,28,30,54,57,63-64H,7-18,20-21,24-25,27,29,31-53,55-56,58-62H2,1-6H3,(H-,67,69,71,72)/b22-19-,26-23-,30-28-,57-54-. The van der Waals surface area contributed by atoms with Gasteiger partial charge in [-0.05, 0) is 89.5 Å². The van der Waals surface area contributed by atoms with E-state index in [9.17, 15) is 19.0 Å². The van der Waals surface area contributed by atoms with E-state index in [0.717, 1.165) is 77.0 Å². The lowest BCUT2D eigenvalue weighted by Crippen LogP contribution is -2.47. The molecule has 0 aromatic heterocycles. The Balaban J connectivity index is 5.14. The average Bonchev–Trinajstić information content (AvgIpc) is 3.38. The molecule has 0 fully saturated rings. The highest BCUT2D eigenvalue weighted by Gasteiger charge is 2.27. The molecule has 446 valence electrons. The zero-order chi connectivity index (χ0) is 55.7. The van der Waals surface area contributed by atoms with Crippen molar-refractivity contribution in [1.82, 2.24) is 5.32 Å². The highest BCUT2D eigenvalue weighted by atomic mass is 31.2. The molecule has 0 aliphatic heterocycles. The number of allylic oxidation sites excluding steroid dienone is 7. The number of amides is 1. The van der Waals surface area contributed by atoms with Gasteiger partial charge in [-0.1, -0.05) is 256 Å². The third kappa shape index (κ3) is 56.7. The number of carbonyl (C=O) groups is 2. The Bertz CT molecular complexity index is 1440. The first-order valence-electron chi connectivity index (χ1n) is 32.4. The summed E-state index contributed by atoms with van der Waals surface area (Å²) in [5, 5.41) is 3.04. The van der Waals surface area contributed by atoms with Crippen LogP contribution in [0.3, 0.4) is 0 Å². The molecule has 3 atom stereocenters. The fourth-order valence-electron chi connectivity index (χ4n) is 9.43. The number of phosphoric acid groups is 1. The summed E-state index contributed by atoms with van der Waals surface area (Å²) in [6.07, 6.45) is 69.3. The largest absolute Gasteiger partial charge is 0.756 e. The van der Waals surface area contributed by atoms with Crippen LogP contribution in [0.4, 0.5) is 0 Å². The molecule has 0 aromatic rings. The molecule has 0 saturated carbocycles. The third-order valence-corrected chi connectivity index (χ3v) is 15.4. The van der Waals surface area contributed by atoms with Crippen LogP contribution in [0.2, 0.25) is 0 Å². The number of likely N-dealkylation sites (N-methyl/N-ethyl adjacent to an activating group) is 1. The summed E-state index contributed by atoms with van der Waals surface area (Å²) < 4.78 is 30.3. The Morgan fingerprint density at radius 1 is 0.461 bits per heavy atom. The normalized spacial score (nSPS) is 13.9. The number of nitrogens with zero attached hydrogens (tertiary/aromatic N) is 1. The number of rotatable bonds is 59. The van der Waals surface area contributed by atoms with Crippen LogP contribution in [0, 0.1) is 0 Å². The van der Waals surface area contributed by atoms with Crippen molar-refractivity contribution in [3.8, 4) is 0 Å². The van der Waals surface area contributed by atoms with Gasteiger partial charge >= 0.3 is 5.97 Å². The topological polar surface area (TPSA) is 114 Å². The minimum Gasteiger partial charge on any atom is -0.756 e. The predicted molar refractivity (Wildman–Crippen MR) is 326 cm³/mol. The van der Waals surface area contributed by atoms with Crippen LogP contribution in [0.15, 0.2) is 48.6 Å². The number of phosphoric ester groups is 1. The maximum atomic E-state index is 13.6. The average molecular weight is 1090 g/mol. The van der Waals surface area contributed by atoms with Crippen LogP contribution in [-0.2, 0) is 27.9 Å². The van der Waals surface area contributed by atoms with Crippen molar-refractivity contribution in [1.29, 1.82) is 0 Å². The summed E-state index contributed by atoms with van der Waals surface area (Å²) in [4.78, 5) is 40.0. The number of esters is 1. The van der Waals surface area contributed by atoms with E-state index in [1.165, 1.54) is 199 Å². The van der Waals surface area contributed by atoms with E-state index in [2.05, 4.69) is 62.5 Å². The SMILES string of the molecule is CCCCC/C=C\C/C=C\CCCCCCCCCCCCCCCC(=O)NC(COP(=O)([O-])OCC[N+](C)(C)C)C(/C=C\CCCCCCCCCCCC)OC(=O)CCCCCCCCC/C=C\CCCCCC. The number of unbranched alkanes of at least 4 members (excludes halogenated alkanes) is 37. The van der Waals surface area contributed by atoms with E-state index in [1.807, 2.05) is 33.3 Å². The number of ether oxygens (including phenoxy) is 1. The second-order valence-electron chi connectivity index (χ2n) is 23.3. The van der Waals surface area contributed by atoms with Gasteiger partial charge in [0.1, 0.15) is 19.3 Å². The lowest BCUT2D eigenvalue weighted by molar-refractivity contribution is -0.870. The van der Waals surface area contributed by atoms with Crippen LogP contribution in [-0.4, -0.2) is 69.4 Å². The molecule has 10 heteroatoms. The van der Waals surface area contributed by atoms with Crippen molar-refractivity contribution < 1.29 is 37.3 Å². The molecule has 0 bridgehead atoms. The van der Waals surface area contributed by atoms with Gasteiger partial charge in [0, 0.05) is 12.8 Å². The molecule has 0 heterocycles. The molecule has 9 nitrogen and oxygen atoms in total. The van der Waals surface area contributed by atoms with Gasteiger partial charge in [0.25, 0.3) is 7.82 Å². The van der Waals surface area contributed by atoms with E-state index < -0.39 is 20.0 Å². The fraction of sp³-hybridized carbons (Fsp3) is 0.848. The van der Waals surface area contributed by atoms with E-state index >= 15 is 0 Å². The van der Waals surface area contributed by atoms with E-state index in [0.29, 0.717) is 17.4 Å². The smallest absolute Gasteiger partial charge is 0.306 e. The van der Waals surface area contributed by atoms with Crippen molar-refractivity contribution in [2.24, 2.45) is 0 Å². The Morgan fingerprint density at radius 3 is 1.24 bits per heavy atom. The molecule has 1 amide bonds. The van der Waals surface area contributed by atoms with Crippen LogP contribution in [0.1, 0.15) is 310 Å². The molecule has 0 aliphatic carbocycles. The molecular formula is C66H125N2O7P. The molecule has 76 heavy (non-hydrogen) atoms. The highest BCUT2D eigenvalue weighted by molar-refractivity contribution is 7.45. The number of quaternary nitrogens is 1. The van der Waals surface area contributed by atoms with E-state index in [-0.39, 0.29) is 31.5 Å². The van der Waals surface area contributed by atoms with Crippen LogP contribution >= 0.6 is 7.82 Å². The third-order valence-electron chi connectivity index (χ3n) is 14.5. The Labute approximate surface area is 471 Å². The van der Waals surface area contributed by atoms with Crippen molar-refractivity contribution in [3.63, 3.8) is 0 Å². The zero-order valence-electron chi connectivity index (χ0n) is 51.0. The van der Waals surface area contributed by atoms with Crippen molar-refractivity contribution >= 4 is 19.7 Å². The van der Waals surface area contributed by atoms with Gasteiger partial charge in [-0.25, -0.2) is 0 Å². The van der Waals surface area contributed by atoms with Crippen molar-refractivity contribution in [2.45, 2.75) is 322 Å². The summed E-state index contributed by atoms with van der Waals surface area (Å²) in [5.74, 6) is -0.537. The van der Waals surface area contributed by atoms with Gasteiger partial charge in [0.15, 0.2) is 0 Å². The van der Waals surface area contributed by atoms with Gasteiger partial charge in [0.2, 0.25) is 5.91 Å². The zero-order valence-corrected chi connectivity index (χ0v) is 51.9. The highest BCUT2D eigenvalue weighted by Crippen LogP contribution is 2.38. The monoisotopic (exact) mass is 1090 g/mol. The van der Waals surface area contributed by atoms with Gasteiger partial charge < -0.3 is 28.5 Å². The maximum absolute atomic E-state index is 13.6. The number of hydrogen-bond donors (Lipinski definition) is 1. The summed E-state index contributed by atoms with van der Waals surface area (Å²) in [5.41, 5.74) is 0. The van der Waals surface area contributed by atoms with Gasteiger partial charge in [-0.15, -0.1) is 0 Å². The Hall–Kier alpha value is -2.03.